The van der Waals surface area contributed by atoms with Crippen LogP contribution in [0.15, 0.2) is 30.3 Å². The summed E-state index contributed by atoms with van der Waals surface area (Å²) in [6, 6.07) is 9.46. The molecule has 2 heterocycles. The Morgan fingerprint density at radius 2 is 1.67 bits per heavy atom. The van der Waals surface area contributed by atoms with E-state index in [1.54, 1.807) is 0 Å². The summed E-state index contributed by atoms with van der Waals surface area (Å²) < 4.78 is 0. The second-order valence-corrected chi connectivity index (χ2v) is 8.60. The lowest BCUT2D eigenvalue weighted by molar-refractivity contribution is -0.138. The van der Waals surface area contributed by atoms with Gasteiger partial charge in [-0.25, -0.2) is 4.79 Å². The van der Waals surface area contributed by atoms with Crippen molar-refractivity contribution in [2.24, 2.45) is 5.92 Å². The van der Waals surface area contributed by atoms with Gasteiger partial charge in [-0.05, 0) is 51.4 Å². The second kappa shape index (κ2) is 10.8. The topological polar surface area (TPSA) is 59.1 Å². The van der Waals surface area contributed by atoms with Crippen molar-refractivity contribution in [3.05, 3.63) is 30.3 Å². The number of likely N-dealkylation sites (N-methyl/N-ethyl adjacent to an activating group) is 2. The van der Waals surface area contributed by atoms with Crippen LogP contribution in [0.25, 0.3) is 0 Å². The molecule has 2 saturated heterocycles. The summed E-state index contributed by atoms with van der Waals surface area (Å²) in [5, 5.41) is 2.97. The Morgan fingerprint density at radius 3 is 2.27 bits per heavy atom. The molecule has 0 aliphatic carbocycles. The van der Waals surface area contributed by atoms with Crippen molar-refractivity contribution in [1.82, 2.24) is 19.6 Å². The first-order valence-corrected chi connectivity index (χ1v) is 11.3. The molecule has 1 aromatic carbocycles. The van der Waals surface area contributed by atoms with Crippen LogP contribution in [0.5, 0.6) is 0 Å². The van der Waals surface area contributed by atoms with Gasteiger partial charge >= 0.3 is 6.03 Å². The Balaban J connectivity index is 1.40. The highest BCUT2D eigenvalue weighted by Crippen LogP contribution is 2.20. The number of hydrogen-bond donors (Lipinski definition) is 1. The van der Waals surface area contributed by atoms with Crippen molar-refractivity contribution in [3.8, 4) is 0 Å². The maximum Gasteiger partial charge on any atom is 0.321 e. The van der Waals surface area contributed by atoms with Gasteiger partial charge in [-0.1, -0.05) is 25.1 Å². The van der Waals surface area contributed by atoms with Gasteiger partial charge < -0.3 is 20.0 Å². The van der Waals surface area contributed by atoms with Gasteiger partial charge in [0.2, 0.25) is 5.91 Å². The molecule has 0 radical (unpaired) electrons. The summed E-state index contributed by atoms with van der Waals surface area (Å²) >= 11 is 0. The summed E-state index contributed by atoms with van der Waals surface area (Å²) in [6.45, 7) is 11.3. The van der Waals surface area contributed by atoms with Gasteiger partial charge in [0, 0.05) is 51.5 Å². The van der Waals surface area contributed by atoms with E-state index in [2.05, 4.69) is 29.1 Å². The molecule has 3 amide bonds. The van der Waals surface area contributed by atoms with Gasteiger partial charge in [0.05, 0.1) is 6.04 Å². The number of rotatable bonds is 6. The highest BCUT2D eigenvalue weighted by Gasteiger charge is 2.29. The zero-order chi connectivity index (χ0) is 21.5. The van der Waals surface area contributed by atoms with Crippen LogP contribution in [0.1, 0.15) is 26.7 Å². The number of piperazine rings is 1. The molecule has 0 bridgehead atoms. The van der Waals surface area contributed by atoms with Gasteiger partial charge in [0.15, 0.2) is 0 Å². The molecule has 1 N–H and O–H groups in total. The molecule has 0 spiro atoms. The van der Waals surface area contributed by atoms with E-state index in [1.807, 2.05) is 47.1 Å². The zero-order valence-electron chi connectivity index (χ0n) is 18.7. The molecule has 0 saturated carbocycles. The minimum Gasteiger partial charge on any atom is -0.339 e. The van der Waals surface area contributed by atoms with Gasteiger partial charge in [-0.2, -0.15) is 0 Å². The van der Waals surface area contributed by atoms with Crippen LogP contribution in [-0.4, -0.2) is 97.0 Å². The number of carbonyl (C=O) groups excluding carboxylic acids is 2. The van der Waals surface area contributed by atoms with E-state index in [9.17, 15) is 9.59 Å². The number of para-hydroxylation sites is 1. The first-order valence-electron chi connectivity index (χ1n) is 11.3. The third-order valence-electron chi connectivity index (χ3n) is 6.62. The Kier molecular flexibility index (Phi) is 8.10. The maximum absolute atomic E-state index is 12.9. The number of piperidine rings is 1. The quantitative estimate of drug-likeness (QED) is 0.775. The number of likely N-dealkylation sites (tertiary alicyclic amines) is 1. The molecule has 2 fully saturated rings. The summed E-state index contributed by atoms with van der Waals surface area (Å²) in [4.78, 5) is 33.9. The van der Waals surface area contributed by atoms with E-state index in [4.69, 9.17) is 0 Å². The minimum atomic E-state index is -0.0995. The largest absolute Gasteiger partial charge is 0.339 e. The third-order valence-corrected chi connectivity index (χ3v) is 6.62. The molecule has 1 atom stereocenters. The van der Waals surface area contributed by atoms with E-state index in [-0.39, 0.29) is 18.0 Å². The van der Waals surface area contributed by atoms with Gasteiger partial charge in [-0.3, -0.25) is 9.69 Å². The van der Waals surface area contributed by atoms with Gasteiger partial charge in [0.1, 0.15) is 0 Å². The highest BCUT2D eigenvalue weighted by molar-refractivity contribution is 5.89. The number of anilines is 1. The van der Waals surface area contributed by atoms with E-state index < -0.39 is 0 Å². The van der Waals surface area contributed by atoms with Crippen molar-refractivity contribution in [2.45, 2.75) is 32.7 Å². The fourth-order valence-electron chi connectivity index (χ4n) is 4.35. The number of urea groups is 1. The lowest BCUT2D eigenvalue weighted by Crippen LogP contribution is -2.54. The molecule has 0 aromatic heterocycles. The number of carbonyl (C=O) groups is 2. The van der Waals surface area contributed by atoms with Crippen molar-refractivity contribution in [2.75, 3.05) is 64.7 Å². The second-order valence-electron chi connectivity index (χ2n) is 8.60. The van der Waals surface area contributed by atoms with E-state index in [0.29, 0.717) is 5.92 Å². The van der Waals surface area contributed by atoms with E-state index in [0.717, 1.165) is 70.9 Å². The van der Waals surface area contributed by atoms with Crippen LogP contribution in [0, 0.1) is 5.92 Å². The monoisotopic (exact) mass is 415 g/mol. The van der Waals surface area contributed by atoms with Crippen LogP contribution >= 0.6 is 0 Å². The van der Waals surface area contributed by atoms with Crippen molar-refractivity contribution < 1.29 is 9.59 Å². The van der Waals surface area contributed by atoms with E-state index >= 15 is 0 Å². The number of nitrogens with one attached hydrogen (secondary N) is 1. The molecular weight excluding hydrogens is 378 g/mol. The standard InChI is InChI=1S/C23H37N5O2/c1-4-26-14-16-27(17-15-26)22(29)19(2)25(3)18-20-10-12-28(13-11-20)23(30)24-21-8-6-5-7-9-21/h5-9,19-20H,4,10-18H2,1-3H3,(H,24,30)/t19-/m0/s1. The van der Waals surface area contributed by atoms with Gasteiger partial charge in [-0.15, -0.1) is 0 Å². The van der Waals surface area contributed by atoms with Crippen LogP contribution < -0.4 is 5.32 Å². The zero-order valence-corrected chi connectivity index (χ0v) is 18.7. The minimum absolute atomic E-state index is 0.0252. The van der Waals surface area contributed by atoms with Crippen LogP contribution in [0.3, 0.4) is 0 Å². The molecular formula is C23H37N5O2. The number of nitrogens with zero attached hydrogens (tertiary/aromatic N) is 4. The third kappa shape index (κ3) is 5.95. The molecule has 3 rings (SSSR count). The summed E-state index contributed by atoms with van der Waals surface area (Å²) in [6.07, 6.45) is 1.95. The highest BCUT2D eigenvalue weighted by atomic mass is 16.2. The number of benzene rings is 1. The maximum atomic E-state index is 12.9. The fourth-order valence-corrected chi connectivity index (χ4v) is 4.35. The first kappa shape index (κ1) is 22.6. The number of amides is 3. The SMILES string of the molecule is CCN1CCN(C(=O)[C@H](C)N(C)CC2CCN(C(=O)Nc3ccccc3)CC2)CC1. The molecule has 7 nitrogen and oxygen atoms in total. The smallest absolute Gasteiger partial charge is 0.321 e. The van der Waals surface area contributed by atoms with Crippen LogP contribution in [-0.2, 0) is 4.79 Å². The molecule has 0 unspecified atom stereocenters. The van der Waals surface area contributed by atoms with Crippen LogP contribution in [0.4, 0.5) is 10.5 Å². The average Bonchev–Trinajstić information content (AvgIpc) is 2.79. The first-order chi connectivity index (χ1) is 14.5. The average molecular weight is 416 g/mol. The Labute approximate surface area is 181 Å². The summed E-state index contributed by atoms with van der Waals surface area (Å²) in [5.41, 5.74) is 0.830. The van der Waals surface area contributed by atoms with Crippen molar-refractivity contribution >= 4 is 17.6 Å². The predicted molar refractivity (Wildman–Crippen MR) is 121 cm³/mol. The molecule has 2 aliphatic rings. The van der Waals surface area contributed by atoms with Crippen molar-refractivity contribution in [3.63, 3.8) is 0 Å². The van der Waals surface area contributed by atoms with Gasteiger partial charge in [0.25, 0.3) is 0 Å². The molecule has 1 aromatic rings. The van der Waals surface area contributed by atoms with Crippen LogP contribution in [0.2, 0.25) is 0 Å². The Hall–Kier alpha value is -2.12. The lowest BCUT2D eigenvalue weighted by Gasteiger charge is -2.38. The Morgan fingerprint density at radius 1 is 1.03 bits per heavy atom. The summed E-state index contributed by atoms with van der Waals surface area (Å²) in [5.74, 6) is 0.760. The number of hydrogen-bond acceptors (Lipinski definition) is 4. The molecule has 7 heteroatoms. The Bertz CT molecular complexity index is 682. The molecule has 2 aliphatic heterocycles. The fraction of sp³-hybridized carbons (Fsp3) is 0.652. The predicted octanol–water partition coefficient (Wildman–Crippen LogP) is 2.41. The summed E-state index contributed by atoms with van der Waals surface area (Å²) in [7, 11) is 2.05. The lowest BCUT2D eigenvalue weighted by atomic mass is 9.96. The van der Waals surface area contributed by atoms with E-state index in [1.165, 1.54) is 0 Å². The molecule has 30 heavy (non-hydrogen) atoms. The van der Waals surface area contributed by atoms with Crippen molar-refractivity contribution in [1.29, 1.82) is 0 Å². The molecule has 166 valence electrons. The normalized spacial score (nSPS) is 19.7.